The summed E-state index contributed by atoms with van der Waals surface area (Å²) in [4.78, 5) is 18.0. The van der Waals surface area contributed by atoms with Crippen LogP contribution in [-0.2, 0) is 24.6 Å². The summed E-state index contributed by atoms with van der Waals surface area (Å²) < 4.78 is 55.2. The maximum absolute atomic E-state index is 14.7. The maximum Gasteiger partial charge on any atom is 0.416 e. The van der Waals surface area contributed by atoms with E-state index in [9.17, 15) is 22.4 Å². The summed E-state index contributed by atoms with van der Waals surface area (Å²) in [5.41, 5.74) is -1.57. The van der Waals surface area contributed by atoms with Crippen LogP contribution in [0.4, 0.5) is 17.6 Å². The number of aromatic nitrogens is 5. The van der Waals surface area contributed by atoms with Crippen LogP contribution in [0.15, 0.2) is 35.4 Å². The molecule has 1 atom stereocenters. The number of aromatic amines is 1. The van der Waals surface area contributed by atoms with Gasteiger partial charge < -0.3 is 9.55 Å². The fourth-order valence-corrected chi connectivity index (χ4v) is 3.87. The number of alkyl halides is 3. The van der Waals surface area contributed by atoms with Crippen molar-refractivity contribution in [2.45, 2.75) is 44.3 Å². The topological polar surface area (TPSA) is 76.5 Å². The van der Waals surface area contributed by atoms with Gasteiger partial charge in [-0.05, 0) is 31.9 Å². The minimum Gasteiger partial charge on any atom is -0.314 e. The van der Waals surface area contributed by atoms with Crippen molar-refractivity contribution in [3.63, 3.8) is 0 Å². The maximum atomic E-state index is 14.7. The second kappa shape index (κ2) is 6.78. The van der Waals surface area contributed by atoms with Crippen molar-refractivity contribution < 1.29 is 17.6 Å². The Labute approximate surface area is 162 Å². The van der Waals surface area contributed by atoms with Crippen molar-refractivity contribution in [2.75, 3.05) is 0 Å². The zero-order valence-corrected chi connectivity index (χ0v) is 15.4. The predicted octanol–water partition coefficient (Wildman–Crippen LogP) is 3.21. The van der Waals surface area contributed by atoms with Crippen molar-refractivity contribution in [3.8, 4) is 0 Å². The van der Waals surface area contributed by atoms with Gasteiger partial charge in [-0.3, -0.25) is 4.79 Å². The SMILES string of the molecule is C[C@]1(c2ccc(C(F)(F)F)cc2F)CCCn2c(Cc3cc(=O)[nH]cn3)nnc21. The lowest BCUT2D eigenvalue weighted by Crippen LogP contribution is -2.34. The van der Waals surface area contributed by atoms with Crippen LogP contribution in [0.2, 0.25) is 0 Å². The molecule has 6 nitrogen and oxygen atoms in total. The smallest absolute Gasteiger partial charge is 0.314 e. The first kappa shape index (κ1) is 19.3. The third-order valence-electron chi connectivity index (χ3n) is 5.34. The summed E-state index contributed by atoms with van der Waals surface area (Å²) in [6.07, 6.45) is -1.84. The summed E-state index contributed by atoms with van der Waals surface area (Å²) in [6.45, 7) is 2.35. The lowest BCUT2D eigenvalue weighted by atomic mass is 9.75. The molecule has 152 valence electrons. The van der Waals surface area contributed by atoms with Crippen LogP contribution >= 0.6 is 0 Å². The van der Waals surface area contributed by atoms with E-state index in [1.165, 1.54) is 18.5 Å². The van der Waals surface area contributed by atoms with Crippen LogP contribution in [0.5, 0.6) is 0 Å². The van der Waals surface area contributed by atoms with Crippen molar-refractivity contribution in [3.05, 3.63) is 75.2 Å². The number of nitrogens with one attached hydrogen (secondary N) is 1. The highest BCUT2D eigenvalue weighted by Gasteiger charge is 2.41. The Morgan fingerprint density at radius 3 is 2.72 bits per heavy atom. The summed E-state index contributed by atoms with van der Waals surface area (Å²) in [5.74, 6) is 0.134. The molecule has 1 aliphatic rings. The molecule has 4 rings (SSSR count). The van der Waals surface area contributed by atoms with Gasteiger partial charge in [0.1, 0.15) is 17.5 Å². The molecule has 10 heteroatoms. The lowest BCUT2D eigenvalue weighted by molar-refractivity contribution is -0.137. The molecule has 1 N–H and O–H groups in total. The fourth-order valence-electron chi connectivity index (χ4n) is 3.87. The van der Waals surface area contributed by atoms with E-state index in [1.54, 1.807) is 6.92 Å². The van der Waals surface area contributed by atoms with Crippen molar-refractivity contribution in [1.82, 2.24) is 24.7 Å². The molecule has 1 aliphatic heterocycles. The molecule has 0 fully saturated rings. The van der Waals surface area contributed by atoms with E-state index in [2.05, 4.69) is 20.2 Å². The summed E-state index contributed by atoms with van der Waals surface area (Å²) in [5, 5.41) is 8.42. The summed E-state index contributed by atoms with van der Waals surface area (Å²) >= 11 is 0. The van der Waals surface area contributed by atoms with Gasteiger partial charge in [0.2, 0.25) is 0 Å². The lowest BCUT2D eigenvalue weighted by Gasteiger charge is -2.34. The van der Waals surface area contributed by atoms with Gasteiger partial charge >= 0.3 is 6.18 Å². The largest absolute Gasteiger partial charge is 0.416 e. The average molecular weight is 407 g/mol. The number of hydrogen-bond acceptors (Lipinski definition) is 4. The zero-order valence-electron chi connectivity index (χ0n) is 15.4. The molecule has 0 saturated heterocycles. The number of rotatable bonds is 3. The molecule has 0 saturated carbocycles. The molecule has 0 spiro atoms. The molecule has 29 heavy (non-hydrogen) atoms. The Balaban J connectivity index is 1.73. The van der Waals surface area contributed by atoms with Gasteiger partial charge in [-0.25, -0.2) is 9.37 Å². The molecule has 0 radical (unpaired) electrons. The first-order valence-electron chi connectivity index (χ1n) is 9.02. The molecule has 3 heterocycles. The van der Waals surface area contributed by atoms with Gasteiger partial charge in [0.25, 0.3) is 5.56 Å². The quantitative estimate of drug-likeness (QED) is 0.677. The van der Waals surface area contributed by atoms with E-state index in [0.29, 0.717) is 42.8 Å². The Bertz CT molecular complexity index is 1120. The minimum absolute atomic E-state index is 0.152. The van der Waals surface area contributed by atoms with Crippen LogP contribution in [0, 0.1) is 5.82 Å². The first-order valence-corrected chi connectivity index (χ1v) is 9.02. The second-order valence-corrected chi connectivity index (χ2v) is 7.30. The fraction of sp³-hybridized carbons (Fsp3) is 0.368. The van der Waals surface area contributed by atoms with E-state index in [0.717, 1.165) is 6.07 Å². The molecular formula is C19H17F4N5O. The van der Waals surface area contributed by atoms with Crippen molar-refractivity contribution >= 4 is 0 Å². The molecular weight excluding hydrogens is 390 g/mol. The average Bonchev–Trinajstić information content (AvgIpc) is 3.05. The van der Waals surface area contributed by atoms with Crippen LogP contribution in [0.25, 0.3) is 0 Å². The van der Waals surface area contributed by atoms with Gasteiger partial charge in [0, 0.05) is 18.2 Å². The van der Waals surface area contributed by atoms with Crippen LogP contribution < -0.4 is 5.56 Å². The summed E-state index contributed by atoms with van der Waals surface area (Å²) in [6, 6.07) is 3.96. The summed E-state index contributed by atoms with van der Waals surface area (Å²) in [7, 11) is 0. The Hall–Kier alpha value is -3.04. The van der Waals surface area contributed by atoms with E-state index in [-0.39, 0.29) is 17.5 Å². The van der Waals surface area contributed by atoms with Crippen molar-refractivity contribution in [2.24, 2.45) is 0 Å². The van der Waals surface area contributed by atoms with E-state index >= 15 is 0 Å². The molecule has 0 unspecified atom stereocenters. The monoisotopic (exact) mass is 407 g/mol. The Kier molecular flexibility index (Phi) is 4.51. The highest BCUT2D eigenvalue weighted by molar-refractivity contribution is 5.37. The van der Waals surface area contributed by atoms with E-state index < -0.39 is 23.0 Å². The predicted molar refractivity (Wildman–Crippen MR) is 94.8 cm³/mol. The van der Waals surface area contributed by atoms with E-state index in [1.807, 2.05) is 4.57 Å². The normalized spacial score (nSPS) is 19.2. The highest BCUT2D eigenvalue weighted by Crippen LogP contribution is 2.41. The number of nitrogens with zero attached hydrogens (tertiary/aromatic N) is 4. The standard InChI is InChI=1S/C19H17F4N5O/c1-18(13-4-3-11(7-14(13)20)19(21,22)23)5-2-6-28-15(26-27-17(18)28)8-12-9-16(29)25-10-24-12/h3-4,7,9-10H,2,5-6,8H2,1H3,(H,24,25,29)/t18-/m1/s1. The molecule has 0 aliphatic carbocycles. The molecule has 2 aromatic heterocycles. The molecule has 0 bridgehead atoms. The number of halogens is 4. The highest BCUT2D eigenvalue weighted by atomic mass is 19.4. The number of benzene rings is 1. The molecule has 1 aromatic carbocycles. The van der Waals surface area contributed by atoms with E-state index in [4.69, 9.17) is 0 Å². The third-order valence-corrected chi connectivity index (χ3v) is 5.34. The van der Waals surface area contributed by atoms with Crippen LogP contribution in [-0.4, -0.2) is 24.7 Å². The Morgan fingerprint density at radius 2 is 2.03 bits per heavy atom. The molecule has 3 aromatic rings. The Morgan fingerprint density at radius 1 is 1.24 bits per heavy atom. The second-order valence-electron chi connectivity index (χ2n) is 7.30. The molecule has 0 amide bonds. The van der Waals surface area contributed by atoms with Crippen LogP contribution in [0.3, 0.4) is 0 Å². The number of H-pyrrole nitrogens is 1. The first-order chi connectivity index (χ1) is 13.7. The van der Waals surface area contributed by atoms with Crippen molar-refractivity contribution in [1.29, 1.82) is 0 Å². The van der Waals surface area contributed by atoms with Gasteiger partial charge in [0.05, 0.1) is 29.4 Å². The van der Waals surface area contributed by atoms with Gasteiger partial charge in [-0.2, -0.15) is 13.2 Å². The van der Waals surface area contributed by atoms with Gasteiger partial charge in [0.15, 0.2) is 0 Å². The zero-order chi connectivity index (χ0) is 20.8. The van der Waals surface area contributed by atoms with Crippen LogP contribution in [0.1, 0.15) is 48.2 Å². The number of fused-ring (bicyclic) bond motifs is 1. The van der Waals surface area contributed by atoms with Gasteiger partial charge in [-0.1, -0.05) is 6.07 Å². The third kappa shape index (κ3) is 3.43. The number of hydrogen-bond donors (Lipinski definition) is 1. The minimum atomic E-state index is -4.61. The van der Waals surface area contributed by atoms with Gasteiger partial charge in [-0.15, -0.1) is 10.2 Å².